The average molecular weight is 191 g/mol. The summed E-state index contributed by atoms with van der Waals surface area (Å²) in [5, 5.41) is 7.29. The van der Waals surface area contributed by atoms with Gasteiger partial charge in [0.1, 0.15) is 0 Å². The molecule has 0 atom stereocenters. The molecule has 0 aromatic carbocycles. The molecule has 0 aliphatic heterocycles. The molecule has 0 amide bonds. The predicted molar refractivity (Wildman–Crippen MR) is 55.3 cm³/mol. The number of nitrogens with one attached hydrogen (secondary N) is 1. The van der Waals surface area contributed by atoms with Crippen LogP contribution in [0.4, 0.5) is 5.95 Å². The van der Waals surface area contributed by atoms with Gasteiger partial charge in [0.2, 0.25) is 5.95 Å². The van der Waals surface area contributed by atoms with Gasteiger partial charge < -0.3 is 11.1 Å². The Morgan fingerprint density at radius 1 is 1.57 bits per heavy atom. The molecule has 0 unspecified atom stereocenters. The lowest BCUT2D eigenvalue weighted by atomic mass is 10.3. The number of fused-ring (bicyclic) bond motifs is 1. The molecule has 5 nitrogen and oxygen atoms in total. The number of aryl methyl sites for hydroxylation is 1. The van der Waals surface area contributed by atoms with Crippen molar-refractivity contribution in [2.45, 2.75) is 6.92 Å². The Kier molecular flexibility index (Phi) is 2.32. The molecule has 0 bridgehead atoms. The highest BCUT2D eigenvalue weighted by Gasteiger charge is 2.03. The summed E-state index contributed by atoms with van der Waals surface area (Å²) in [6.07, 6.45) is 1.88. The summed E-state index contributed by atoms with van der Waals surface area (Å²) in [7, 11) is 0. The van der Waals surface area contributed by atoms with Crippen LogP contribution >= 0.6 is 0 Å². The van der Waals surface area contributed by atoms with Crippen LogP contribution in [0.15, 0.2) is 18.3 Å². The molecule has 0 saturated carbocycles. The van der Waals surface area contributed by atoms with Crippen molar-refractivity contribution in [1.29, 1.82) is 0 Å². The summed E-state index contributed by atoms with van der Waals surface area (Å²) in [6, 6.07) is 3.96. The van der Waals surface area contributed by atoms with E-state index in [0.717, 1.165) is 11.2 Å². The molecule has 2 aromatic heterocycles. The van der Waals surface area contributed by atoms with Crippen LogP contribution in [-0.2, 0) is 0 Å². The van der Waals surface area contributed by atoms with E-state index >= 15 is 0 Å². The molecular weight excluding hydrogens is 178 g/mol. The summed E-state index contributed by atoms with van der Waals surface area (Å²) < 4.78 is 1.76. The Labute approximate surface area is 81.9 Å². The van der Waals surface area contributed by atoms with Gasteiger partial charge in [-0.3, -0.25) is 0 Å². The van der Waals surface area contributed by atoms with E-state index in [1.54, 1.807) is 4.52 Å². The molecule has 0 fully saturated rings. The minimum absolute atomic E-state index is 0.578. The van der Waals surface area contributed by atoms with Gasteiger partial charge in [-0.05, 0) is 18.6 Å². The van der Waals surface area contributed by atoms with Crippen molar-refractivity contribution in [3.05, 3.63) is 23.9 Å². The van der Waals surface area contributed by atoms with E-state index < -0.39 is 0 Å². The van der Waals surface area contributed by atoms with Crippen molar-refractivity contribution in [1.82, 2.24) is 14.6 Å². The summed E-state index contributed by atoms with van der Waals surface area (Å²) in [6.45, 7) is 3.28. The first-order valence-corrected chi connectivity index (χ1v) is 4.57. The number of aromatic nitrogens is 3. The zero-order valence-electron chi connectivity index (χ0n) is 8.07. The first-order chi connectivity index (χ1) is 6.81. The van der Waals surface area contributed by atoms with Crippen molar-refractivity contribution in [3.8, 4) is 0 Å². The minimum atomic E-state index is 0.578. The van der Waals surface area contributed by atoms with E-state index in [1.807, 2.05) is 25.3 Å². The zero-order valence-corrected chi connectivity index (χ0v) is 8.07. The Hall–Kier alpha value is -1.62. The third-order valence-electron chi connectivity index (χ3n) is 1.98. The Morgan fingerprint density at radius 2 is 2.43 bits per heavy atom. The highest BCUT2D eigenvalue weighted by molar-refractivity contribution is 5.49. The van der Waals surface area contributed by atoms with Crippen molar-refractivity contribution in [2.24, 2.45) is 5.73 Å². The molecule has 2 heterocycles. The van der Waals surface area contributed by atoms with Gasteiger partial charge in [-0.2, -0.15) is 4.98 Å². The normalized spacial score (nSPS) is 10.7. The Morgan fingerprint density at radius 3 is 3.14 bits per heavy atom. The summed E-state index contributed by atoms with van der Waals surface area (Å²) in [4.78, 5) is 4.33. The lowest BCUT2D eigenvalue weighted by molar-refractivity contribution is 0.937. The van der Waals surface area contributed by atoms with Crippen LogP contribution in [0, 0.1) is 6.92 Å². The average Bonchev–Trinajstić information content (AvgIpc) is 2.59. The van der Waals surface area contributed by atoms with Gasteiger partial charge in [0.15, 0.2) is 5.65 Å². The van der Waals surface area contributed by atoms with Crippen LogP contribution in [0.1, 0.15) is 5.56 Å². The molecule has 2 aromatic rings. The van der Waals surface area contributed by atoms with E-state index in [2.05, 4.69) is 15.4 Å². The number of nitrogens with zero attached hydrogens (tertiary/aromatic N) is 3. The second kappa shape index (κ2) is 3.63. The quantitative estimate of drug-likeness (QED) is 0.737. The summed E-state index contributed by atoms with van der Waals surface area (Å²) in [5.41, 5.74) is 7.37. The molecule has 0 spiro atoms. The molecule has 0 aliphatic carbocycles. The largest absolute Gasteiger partial charge is 0.352 e. The zero-order chi connectivity index (χ0) is 9.97. The van der Waals surface area contributed by atoms with Crippen molar-refractivity contribution in [2.75, 3.05) is 18.4 Å². The topological polar surface area (TPSA) is 68.2 Å². The third-order valence-corrected chi connectivity index (χ3v) is 1.98. The highest BCUT2D eigenvalue weighted by atomic mass is 15.3. The van der Waals surface area contributed by atoms with Crippen LogP contribution in [-0.4, -0.2) is 27.7 Å². The molecule has 14 heavy (non-hydrogen) atoms. The van der Waals surface area contributed by atoms with E-state index in [0.29, 0.717) is 19.0 Å². The molecule has 3 N–H and O–H groups in total. The summed E-state index contributed by atoms with van der Waals surface area (Å²) in [5.74, 6) is 0.629. The maximum atomic E-state index is 5.38. The van der Waals surface area contributed by atoms with E-state index in [1.165, 1.54) is 0 Å². The lowest BCUT2D eigenvalue weighted by Crippen LogP contribution is -2.13. The third kappa shape index (κ3) is 1.54. The van der Waals surface area contributed by atoms with Crippen LogP contribution in [0.5, 0.6) is 0 Å². The van der Waals surface area contributed by atoms with Gasteiger partial charge >= 0.3 is 0 Å². The number of hydrogen-bond donors (Lipinski definition) is 2. The molecule has 5 heteroatoms. The standard InChI is InChI=1S/C9H13N5/c1-7-3-2-6-14-8(7)12-9(13-14)11-5-4-10/h2-3,6H,4-5,10H2,1H3,(H,11,13). The van der Waals surface area contributed by atoms with Crippen LogP contribution in [0.25, 0.3) is 5.65 Å². The molecule has 2 rings (SSSR count). The minimum Gasteiger partial charge on any atom is -0.352 e. The van der Waals surface area contributed by atoms with Gasteiger partial charge in [0.25, 0.3) is 0 Å². The van der Waals surface area contributed by atoms with Crippen molar-refractivity contribution >= 4 is 11.6 Å². The van der Waals surface area contributed by atoms with E-state index in [-0.39, 0.29) is 0 Å². The monoisotopic (exact) mass is 191 g/mol. The lowest BCUT2D eigenvalue weighted by Gasteiger charge is -1.94. The van der Waals surface area contributed by atoms with E-state index in [9.17, 15) is 0 Å². The SMILES string of the molecule is Cc1cccn2nc(NCCN)nc12. The fourth-order valence-corrected chi connectivity index (χ4v) is 1.30. The molecule has 74 valence electrons. The maximum Gasteiger partial charge on any atom is 0.243 e. The van der Waals surface area contributed by atoms with Gasteiger partial charge in [0.05, 0.1) is 0 Å². The number of anilines is 1. The fourth-order valence-electron chi connectivity index (χ4n) is 1.30. The Balaban J connectivity index is 2.36. The summed E-state index contributed by atoms with van der Waals surface area (Å²) >= 11 is 0. The maximum absolute atomic E-state index is 5.38. The van der Waals surface area contributed by atoms with Crippen molar-refractivity contribution < 1.29 is 0 Å². The number of nitrogens with two attached hydrogens (primary N) is 1. The number of rotatable bonds is 3. The van der Waals surface area contributed by atoms with Crippen LogP contribution < -0.4 is 11.1 Å². The number of hydrogen-bond acceptors (Lipinski definition) is 4. The van der Waals surface area contributed by atoms with Gasteiger partial charge in [0, 0.05) is 19.3 Å². The van der Waals surface area contributed by atoms with Gasteiger partial charge in [-0.1, -0.05) is 6.07 Å². The number of pyridine rings is 1. The van der Waals surface area contributed by atoms with Crippen LogP contribution in [0.3, 0.4) is 0 Å². The Bertz CT molecular complexity index is 434. The first-order valence-electron chi connectivity index (χ1n) is 4.57. The second-order valence-electron chi connectivity index (χ2n) is 3.11. The van der Waals surface area contributed by atoms with E-state index in [4.69, 9.17) is 5.73 Å². The van der Waals surface area contributed by atoms with Crippen LogP contribution in [0.2, 0.25) is 0 Å². The first kappa shape index (κ1) is 8.96. The van der Waals surface area contributed by atoms with Gasteiger partial charge in [-0.15, -0.1) is 5.10 Å². The fraction of sp³-hybridized carbons (Fsp3) is 0.333. The van der Waals surface area contributed by atoms with Crippen molar-refractivity contribution in [3.63, 3.8) is 0 Å². The molecule has 0 aliphatic rings. The molecular formula is C9H13N5. The molecule has 0 saturated heterocycles. The predicted octanol–water partition coefficient (Wildman–Crippen LogP) is 0.408. The molecule has 0 radical (unpaired) electrons. The van der Waals surface area contributed by atoms with Gasteiger partial charge in [-0.25, -0.2) is 4.52 Å². The second-order valence-corrected chi connectivity index (χ2v) is 3.11. The smallest absolute Gasteiger partial charge is 0.243 e. The highest BCUT2D eigenvalue weighted by Crippen LogP contribution is 2.08.